The van der Waals surface area contributed by atoms with E-state index in [-0.39, 0.29) is 32.8 Å². The maximum absolute atomic E-state index is 13.9. The molecule has 2 aromatic rings. The zero-order valence-corrected chi connectivity index (χ0v) is 23.8. The SMILES string of the molecule is Cc1ncsc1-c1ccc([C@]2(C)N=C([C@@H]3C[C@@H](O)CN3C(=O)[C@@H]3N(S(C)(=O)=O)CCC3(C)C)NC2=O)cc1.[HH]. The fourth-order valence-electron chi connectivity index (χ4n) is 5.78. The van der Waals surface area contributed by atoms with Crippen molar-refractivity contribution >= 4 is 39.0 Å². The van der Waals surface area contributed by atoms with Gasteiger partial charge >= 0.3 is 0 Å². The highest BCUT2D eigenvalue weighted by Crippen LogP contribution is 2.40. The van der Waals surface area contributed by atoms with Gasteiger partial charge in [0.05, 0.1) is 34.5 Å². The highest BCUT2D eigenvalue weighted by Gasteiger charge is 2.53. The number of nitrogens with one attached hydrogen (secondary N) is 1. The molecule has 3 aliphatic rings. The number of nitrogens with zero attached hydrogens (tertiary/aromatic N) is 4. The summed E-state index contributed by atoms with van der Waals surface area (Å²) in [6.45, 7) is 7.74. The molecule has 12 heteroatoms. The number of benzene rings is 1. The number of sulfonamides is 1. The smallest absolute Gasteiger partial charge is 0.257 e. The minimum atomic E-state index is -3.61. The molecule has 0 bridgehead atoms. The number of hydrogen-bond donors (Lipinski definition) is 2. The van der Waals surface area contributed by atoms with E-state index in [2.05, 4.69) is 10.3 Å². The van der Waals surface area contributed by atoms with E-state index in [1.807, 2.05) is 45.0 Å². The third-order valence-electron chi connectivity index (χ3n) is 8.02. The van der Waals surface area contributed by atoms with Crippen molar-refractivity contribution in [1.29, 1.82) is 0 Å². The lowest BCUT2D eigenvalue weighted by atomic mass is 9.84. The molecule has 206 valence electrons. The fourth-order valence-corrected chi connectivity index (χ4v) is 7.77. The van der Waals surface area contributed by atoms with E-state index in [0.29, 0.717) is 17.8 Å². The van der Waals surface area contributed by atoms with Crippen molar-refractivity contribution in [2.24, 2.45) is 10.4 Å². The summed E-state index contributed by atoms with van der Waals surface area (Å²) in [5, 5.41) is 13.4. The summed E-state index contributed by atoms with van der Waals surface area (Å²) in [5.41, 5.74) is 2.66. The van der Waals surface area contributed by atoms with Gasteiger partial charge in [-0.3, -0.25) is 9.59 Å². The fraction of sp³-hybridized carbons (Fsp3) is 0.538. The molecule has 2 N–H and O–H groups in total. The van der Waals surface area contributed by atoms with Crippen molar-refractivity contribution in [3.63, 3.8) is 0 Å². The average Bonchev–Trinajstić information content (AvgIpc) is 3.59. The molecule has 4 heterocycles. The topological polar surface area (TPSA) is 132 Å². The van der Waals surface area contributed by atoms with Gasteiger partial charge in [-0.25, -0.2) is 18.4 Å². The number of thiazole rings is 1. The van der Waals surface area contributed by atoms with Gasteiger partial charge in [-0.1, -0.05) is 38.1 Å². The second-order valence-corrected chi connectivity index (χ2v) is 14.1. The molecule has 38 heavy (non-hydrogen) atoms. The van der Waals surface area contributed by atoms with Crippen LogP contribution in [0.3, 0.4) is 0 Å². The normalized spacial score (nSPS) is 29.5. The van der Waals surface area contributed by atoms with Crippen LogP contribution in [0.1, 0.15) is 46.3 Å². The monoisotopic (exact) mass is 561 g/mol. The van der Waals surface area contributed by atoms with Crippen LogP contribution < -0.4 is 5.32 Å². The Labute approximate surface area is 228 Å². The number of aryl methyl sites for hydroxylation is 1. The van der Waals surface area contributed by atoms with Crippen LogP contribution in [0.4, 0.5) is 0 Å². The van der Waals surface area contributed by atoms with Crippen molar-refractivity contribution < 1.29 is 24.5 Å². The number of aromatic nitrogens is 1. The Hall–Kier alpha value is -2.67. The van der Waals surface area contributed by atoms with E-state index in [4.69, 9.17) is 4.99 Å². The van der Waals surface area contributed by atoms with Crippen LogP contribution >= 0.6 is 11.3 Å². The van der Waals surface area contributed by atoms with Gasteiger partial charge in [-0.2, -0.15) is 4.31 Å². The number of aliphatic hydroxyl groups excluding tert-OH is 1. The largest absolute Gasteiger partial charge is 0.391 e. The van der Waals surface area contributed by atoms with E-state index >= 15 is 0 Å². The molecular formula is C26H35N5O5S2. The molecule has 4 atom stereocenters. The number of carbonyl (C=O) groups excluding carboxylic acids is 2. The van der Waals surface area contributed by atoms with Crippen LogP contribution in [0.5, 0.6) is 0 Å². The minimum absolute atomic E-state index is 0. The van der Waals surface area contributed by atoms with Gasteiger partial charge < -0.3 is 15.3 Å². The lowest BCUT2D eigenvalue weighted by Gasteiger charge is -2.35. The van der Waals surface area contributed by atoms with Gasteiger partial charge in [-0.05, 0) is 36.8 Å². The molecule has 0 unspecified atom stereocenters. The Bertz CT molecular complexity index is 1420. The second kappa shape index (κ2) is 9.22. The van der Waals surface area contributed by atoms with Crippen LogP contribution in [-0.2, 0) is 25.2 Å². The van der Waals surface area contributed by atoms with E-state index in [1.54, 1.807) is 23.8 Å². The molecule has 10 nitrogen and oxygen atoms in total. The highest BCUT2D eigenvalue weighted by atomic mass is 32.2. The van der Waals surface area contributed by atoms with Crippen molar-refractivity contribution in [2.75, 3.05) is 19.3 Å². The molecule has 0 aliphatic carbocycles. The van der Waals surface area contributed by atoms with Crippen molar-refractivity contribution in [1.82, 2.24) is 19.5 Å². The lowest BCUT2D eigenvalue weighted by molar-refractivity contribution is -0.137. The molecule has 0 spiro atoms. The Morgan fingerprint density at radius 3 is 2.53 bits per heavy atom. The average molecular weight is 562 g/mol. The van der Waals surface area contributed by atoms with Crippen LogP contribution in [0.15, 0.2) is 34.8 Å². The predicted molar refractivity (Wildman–Crippen MR) is 147 cm³/mol. The van der Waals surface area contributed by atoms with Crippen molar-refractivity contribution in [2.45, 2.75) is 64.3 Å². The minimum Gasteiger partial charge on any atom is -0.391 e. The number of carbonyl (C=O) groups is 2. The highest BCUT2D eigenvalue weighted by molar-refractivity contribution is 7.88. The van der Waals surface area contributed by atoms with E-state index in [0.717, 1.165) is 22.4 Å². The Balaban J connectivity index is 0.00000353. The number of β-amino-alcohol motifs (C(OH)–C–C–N with tert-alkyl or cyclic N) is 1. The Kier molecular flexibility index (Phi) is 6.53. The lowest BCUT2D eigenvalue weighted by Crippen LogP contribution is -2.55. The van der Waals surface area contributed by atoms with E-state index in [1.165, 1.54) is 9.21 Å². The first-order chi connectivity index (χ1) is 17.7. The number of aliphatic imine (C=N–C) groups is 1. The Morgan fingerprint density at radius 2 is 1.92 bits per heavy atom. The number of amidine groups is 1. The van der Waals surface area contributed by atoms with E-state index < -0.39 is 39.2 Å². The second-order valence-electron chi connectivity index (χ2n) is 11.3. The zero-order chi connectivity index (χ0) is 27.6. The summed E-state index contributed by atoms with van der Waals surface area (Å²) >= 11 is 1.55. The van der Waals surface area contributed by atoms with Gasteiger partial charge in [0.15, 0.2) is 5.54 Å². The summed E-state index contributed by atoms with van der Waals surface area (Å²) in [4.78, 5) is 38.7. The van der Waals surface area contributed by atoms with Crippen molar-refractivity contribution in [3.8, 4) is 10.4 Å². The number of aliphatic hydroxyl groups is 1. The van der Waals surface area contributed by atoms with E-state index in [9.17, 15) is 23.1 Å². The first-order valence-corrected chi connectivity index (χ1v) is 15.3. The number of amides is 2. The third-order valence-corrected chi connectivity index (χ3v) is 10.2. The Morgan fingerprint density at radius 1 is 1.24 bits per heavy atom. The molecular weight excluding hydrogens is 526 g/mol. The number of likely N-dealkylation sites (tertiary alicyclic amines) is 1. The summed E-state index contributed by atoms with van der Waals surface area (Å²) in [6, 6.07) is 6.07. The molecule has 2 saturated heterocycles. The molecule has 2 amide bonds. The van der Waals surface area contributed by atoms with Gasteiger partial charge in [0.25, 0.3) is 5.91 Å². The quantitative estimate of drug-likeness (QED) is 0.575. The van der Waals surface area contributed by atoms with Crippen LogP contribution in [0.25, 0.3) is 10.4 Å². The number of hydrogen-bond acceptors (Lipinski definition) is 8. The van der Waals surface area contributed by atoms with Crippen LogP contribution in [-0.4, -0.2) is 82.9 Å². The molecule has 1 aromatic carbocycles. The molecule has 3 aliphatic heterocycles. The number of rotatable bonds is 5. The first kappa shape index (κ1) is 26.9. The summed E-state index contributed by atoms with van der Waals surface area (Å²) in [7, 11) is -3.61. The van der Waals surface area contributed by atoms with Gasteiger partial charge in [0, 0.05) is 20.9 Å². The molecule has 2 fully saturated rings. The first-order valence-electron chi connectivity index (χ1n) is 12.6. The standard InChI is InChI=1S/C26H33N5O5S2.H2/c1-15-20(37-14-27-15)16-6-8-17(9-7-16)26(4)24(34)28-22(29-26)19-12-18(32)13-30(19)23(33)21-25(2,3)10-11-31(21)38(5,35)36;/h6-9,14,18-19,21,32H,10-13H2,1-5H3,(H,28,29,34);1H/t18-,19+,21+,26+;/m1./s1. The van der Waals surface area contributed by atoms with Gasteiger partial charge in [-0.15, -0.1) is 11.3 Å². The third kappa shape index (κ3) is 4.47. The summed E-state index contributed by atoms with van der Waals surface area (Å²) < 4.78 is 26.2. The molecule has 5 rings (SSSR count). The van der Waals surface area contributed by atoms with Gasteiger partial charge in [0.1, 0.15) is 11.9 Å². The molecule has 0 saturated carbocycles. The zero-order valence-electron chi connectivity index (χ0n) is 22.1. The predicted octanol–water partition coefficient (Wildman–Crippen LogP) is 2.13. The van der Waals surface area contributed by atoms with Crippen molar-refractivity contribution in [3.05, 3.63) is 41.0 Å². The van der Waals surface area contributed by atoms with Gasteiger partial charge in [0.2, 0.25) is 15.9 Å². The van der Waals surface area contributed by atoms with Crippen LogP contribution in [0, 0.1) is 12.3 Å². The summed E-state index contributed by atoms with van der Waals surface area (Å²) in [5.74, 6) is -0.386. The summed E-state index contributed by atoms with van der Waals surface area (Å²) in [6.07, 6.45) is 1.05. The maximum Gasteiger partial charge on any atom is 0.257 e. The van der Waals surface area contributed by atoms with Crippen LogP contribution in [0.2, 0.25) is 0 Å². The maximum atomic E-state index is 13.9. The molecule has 0 radical (unpaired) electrons. The molecule has 1 aromatic heterocycles.